The van der Waals surface area contributed by atoms with Crippen LogP contribution in [0.4, 0.5) is 0 Å². The Kier molecular flexibility index (Phi) is 6.21. The van der Waals surface area contributed by atoms with Crippen molar-refractivity contribution in [1.29, 1.82) is 0 Å². The lowest BCUT2D eigenvalue weighted by atomic mass is 10.2. The summed E-state index contributed by atoms with van der Waals surface area (Å²) in [5, 5.41) is 8.69. The Hall–Kier alpha value is -1.35. The zero-order valence-electron chi connectivity index (χ0n) is 12.1. The summed E-state index contributed by atoms with van der Waals surface area (Å²) in [7, 11) is -3.51. The Balaban J connectivity index is 3.20. The maximum atomic E-state index is 12.6. The minimum atomic E-state index is -3.51. The normalized spacial score (nSPS) is 11.5. The molecule has 0 saturated heterocycles. The molecule has 0 radical (unpaired) electrons. The third-order valence-corrected chi connectivity index (χ3v) is 4.84. The molecule has 0 fully saturated rings. The van der Waals surface area contributed by atoms with Crippen LogP contribution in [0.3, 0.4) is 0 Å². The highest BCUT2D eigenvalue weighted by molar-refractivity contribution is 7.89. The van der Waals surface area contributed by atoms with E-state index in [0.29, 0.717) is 12.1 Å². The molecule has 0 aliphatic rings. The molecule has 0 heterocycles. The molecular weight excluding hydrogens is 274 g/mol. The van der Waals surface area contributed by atoms with Crippen LogP contribution >= 0.6 is 0 Å². The number of aliphatic hydroxyl groups is 1. The molecule has 1 aromatic carbocycles. The summed E-state index contributed by atoms with van der Waals surface area (Å²) >= 11 is 0. The fraction of sp³-hybridized carbons (Fsp3) is 0.467. The average Bonchev–Trinajstić information content (AvgIpc) is 2.42. The van der Waals surface area contributed by atoms with E-state index >= 15 is 0 Å². The van der Waals surface area contributed by atoms with E-state index in [1.54, 1.807) is 24.3 Å². The molecule has 0 aliphatic carbocycles. The van der Waals surface area contributed by atoms with Crippen molar-refractivity contribution in [1.82, 2.24) is 4.31 Å². The van der Waals surface area contributed by atoms with Gasteiger partial charge in [-0.25, -0.2) is 8.42 Å². The number of benzene rings is 1. The molecule has 0 saturated carbocycles. The fourth-order valence-corrected chi connectivity index (χ4v) is 3.66. The first kappa shape index (κ1) is 16.7. The number of rotatable bonds is 5. The lowest BCUT2D eigenvalue weighted by molar-refractivity contribution is 0.350. The van der Waals surface area contributed by atoms with Crippen molar-refractivity contribution in [3.8, 4) is 11.8 Å². The number of nitrogens with zero attached hydrogens (tertiary/aromatic N) is 1. The predicted molar refractivity (Wildman–Crippen MR) is 79.7 cm³/mol. The third kappa shape index (κ3) is 4.07. The molecule has 1 rings (SSSR count). The highest BCUT2D eigenvalue weighted by atomic mass is 32.2. The van der Waals surface area contributed by atoms with Gasteiger partial charge in [0.25, 0.3) is 0 Å². The summed E-state index contributed by atoms with van der Waals surface area (Å²) in [6.45, 7) is 5.93. The predicted octanol–water partition coefficient (Wildman–Crippen LogP) is 1.84. The van der Waals surface area contributed by atoms with Crippen LogP contribution in [0.15, 0.2) is 29.2 Å². The van der Waals surface area contributed by atoms with Gasteiger partial charge in [-0.15, -0.1) is 0 Å². The van der Waals surface area contributed by atoms with Crippen LogP contribution in [0.2, 0.25) is 0 Å². The standard InChI is InChI=1S/C15H21NO3S/c1-4-10-16(13(2)3)20(18,19)15-9-5-7-14(12-15)8-6-11-17/h5,7,9,12-13,17H,4,10-11H2,1-3H3. The van der Waals surface area contributed by atoms with Gasteiger partial charge in [-0.3, -0.25) is 0 Å². The molecule has 0 amide bonds. The van der Waals surface area contributed by atoms with Crippen LogP contribution in [-0.2, 0) is 10.0 Å². The Bertz CT molecular complexity index is 597. The Labute approximate surface area is 121 Å². The van der Waals surface area contributed by atoms with E-state index < -0.39 is 10.0 Å². The lowest BCUT2D eigenvalue weighted by Crippen LogP contribution is -2.37. The van der Waals surface area contributed by atoms with Crippen LogP contribution in [0.1, 0.15) is 32.8 Å². The average molecular weight is 295 g/mol. The van der Waals surface area contributed by atoms with Gasteiger partial charge >= 0.3 is 0 Å². The van der Waals surface area contributed by atoms with Crippen molar-refractivity contribution >= 4 is 10.0 Å². The Morgan fingerprint density at radius 1 is 1.35 bits per heavy atom. The van der Waals surface area contributed by atoms with Crippen LogP contribution < -0.4 is 0 Å². The number of hydrogen-bond donors (Lipinski definition) is 1. The van der Waals surface area contributed by atoms with E-state index in [0.717, 1.165) is 6.42 Å². The summed E-state index contributed by atoms with van der Waals surface area (Å²) in [4.78, 5) is 0.240. The van der Waals surface area contributed by atoms with Crippen molar-refractivity contribution in [3.63, 3.8) is 0 Å². The van der Waals surface area contributed by atoms with Crippen molar-refractivity contribution in [2.24, 2.45) is 0 Å². The van der Waals surface area contributed by atoms with Crippen molar-refractivity contribution in [2.45, 2.75) is 38.1 Å². The van der Waals surface area contributed by atoms with Gasteiger partial charge < -0.3 is 5.11 Å². The first-order valence-corrected chi connectivity index (χ1v) is 8.09. The molecule has 0 atom stereocenters. The zero-order valence-corrected chi connectivity index (χ0v) is 12.9. The van der Waals surface area contributed by atoms with E-state index in [2.05, 4.69) is 11.8 Å². The second-order valence-corrected chi connectivity index (χ2v) is 6.59. The monoisotopic (exact) mass is 295 g/mol. The molecule has 0 bridgehead atoms. The van der Waals surface area contributed by atoms with E-state index in [4.69, 9.17) is 5.11 Å². The summed E-state index contributed by atoms with van der Waals surface area (Å²) in [6, 6.07) is 6.42. The molecule has 0 aliphatic heterocycles. The van der Waals surface area contributed by atoms with Gasteiger partial charge in [0.1, 0.15) is 6.61 Å². The molecule has 0 unspecified atom stereocenters. The molecular formula is C15H21NO3S. The smallest absolute Gasteiger partial charge is 0.243 e. The molecule has 4 nitrogen and oxygen atoms in total. The minimum absolute atomic E-state index is 0.0906. The fourth-order valence-electron chi connectivity index (χ4n) is 1.89. The van der Waals surface area contributed by atoms with Gasteiger partial charge in [-0.2, -0.15) is 4.31 Å². The maximum Gasteiger partial charge on any atom is 0.243 e. The van der Waals surface area contributed by atoms with Crippen LogP contribution in [0.25, 0.3) is 0 Å². The molecule has 110 valence electrons. The molecule has 0 spiro atoms. The second kappa shape index (κ2) is 7.44. The van der Waals surface area contributed by atoms with Gasteiger partial charge in [0.05, 0.1) is 4.90 Å². The van der Waals surface area contributed by atoms with Gasteiger partial charge in [0, 0.05) is 18.2 Å². The van der Waals surface area contributed by atoms with Crippen LogP contribution in [0.5, 0.6) is 0 Å². The van der Waals surface area contributed by atoms with Gasteiger partial charge in [-0.1, -0.05) is 24.8 Å². The van der Waals surface area contributed by atoms with Gasteiger partial charge in [0.15, 0.2) is 0 Å². The van der Waals surface area contributed by atoms with E-state index in [1.165, 1.54) is 4.31 Å². The van der Waals surface area contributed by atoms with Crippen LogP contribution in [-0.4, -0.2) is 37.0 Å². The number of hydrogen-bond acceptors (Lipinski definition) is 3. The van der Waals surface area contributed by atoms with Gasteiger partial charge in [0.2, 0.25) is 10.0 Å². The first-order valence-electron chi connectivity index (χ1n) is 6.65. The minimum Gasteiger partial charge on any atom is -0.384 e. The molecule has 1 aromatic rings. The number of aliphatic hydroxyl groups excluding tert-OH is 1. The quantitative estimate of drug-likeness (QED) is 0.843. The van der Waals surface area contributed by atoms with E-state index in [-0.39, 0.29) is 17.5 Å². The molecule has 5 heteroatoms. The zero-order chi connectivity index (χ0) is 15.2. The lowest BCUT2D eigenvalue weighted by Gasteiger charge is -2.25. The summed E-state index contributed by atoms with van der Waals surface area (Å²) in [5.74, 6) is 5.24. The largest absolute Gasteiger partial charge is 0.384 e. The van der Waals surface area contributed by atoms with E-state index in [9.17, 15) is 8.42 Å². The Morgan fingerprint density at radius 2 is 2.05 bits per heavy atom. The van der Waals surface area contributed by atoms with Crippen LogP contribution in [0, 0.1) is 11.8 Å². The summed E-state index contributed by atoms with van der Waals surface area (Å²) in [5.41, 5.74) is 0.584. The Morgan fingerprint density at radius 3 is 2.60 bits per heavy atom. The van der Waals surface area contributed by atoms with E-state index in [1.807, 2.05) is 20.8 Å². The van der Waals surface area contributed by atoms with Crippen molar-refractivity contribution < 1.29 is 13.5 Å². The topological polar surface area (TPSA) is 57.6 Å². The second-order valence-electron chi connectivity index (χ2n) is 4.70. The third-order valence-electron chi connectivity index (χ3n) is 2.77. The summed E-state index contributed by atoms with van der Waals surface area (Å²) in [6.07, 6.45) is 0.765. The highest BCUT2D eigenvalue weighted by Gasteiger charge is 2.26. The van der Waals surface area contributed by atoms with Gasteiger partial charge in [-0.05, 0) is 38.5 Å². The number of sulfonamides is 1. The highest BCUT2D eigenvalue weighted by Crippen LogP contribution is 2.19. The SMILES string of the molecule is CCCN(C(C)C)S(=O)(=O)c1cccc(C#CCO)c1. The summed E-state index contributed by atoms with van der Waals surface area (Å²) < 4.78 is 26.7. The molecule has 1 N–H and O–H groups in total. The first-order chi connectivity index (χ1) is 9.43. The maximum absolute atomic E-state index is 12.6. The van der Waals surface area contributed by atoms with Crippen molar-refractivity contribution in [2.75, 3.05) is 13.2 Å². The molecule has 0 aromatic heterocycles. The molecule has 20 heavy (non-hydrogen) atoms. The van der Waals surface area contributed by atoms with Crippen molar-refractivity contribution in [3.05, 3.63) is 29.8 Å².